The van der Waals surface area contributed by atoms with Crippen LogP contribution in [-0.4, -0.2) is 37.8 Å². The van der Waals surface area contributed by atoms with Gasteiger partial charge in [0.15, 0.2) is 5.65 Å². The number of nitrogens with zero attached hydrogens (tertiary/aromatic N) is 8. The molecule has 0 fully saturated rings. The Kier molecular flexibility index (Phi) is 7.46. The van der Waals surface area contributed by atoms with Gasteiger partial charge in [-0.15, -0.1) is 0 Å². The molecule has 15 rings (SSSR count). The molecule has 0 bridgehead atoms. The van der Waals surface area contributed by atoms with Gasteiger partial charge < -0.3 is 9.13 Å². The van der Waals surface area contributed by atoms with Crippen LogP contribution in [0, 0.1) is 0 Å². The first-order valence-corrected chi connectivity index (χ1v) is 22.9. The Balaban J connectivity index is 1.04. The number of para-hydroxylation sites is 6. The maximum atomic E-state index is 5.58. The van der Waals surface area contributed by atoms with Crippen molar-refractivity contribution in [2.75, 3.05) is 0 Å². The molecule has 8 aromatic carbocycles. The van der Waals surface area contributed by atoms with E-state index in [2.05, 4.69) is 223 Å². The summed E-state index contributed by atoms with van der Waals surface area (Å²) in [5, 5.41) is 9.42. The van der Waals surface area contributed by atoms with E-state index in [1.807, 2.05) is 6.20 Å². The number of hydrogen-bond donors (Lipinski definition) is 0. The Morgan fingerprint density at radius 1 is 0.358 bits per heavy atom. The molecule has 0 spiro atoms. The zero-order chi connectivity index (χ0) is 43.7. The van der Waals surface area contributed by atoms with Gasteiger partial charge in [0.05, 0.1) is 50.3 Å². The molecule has 6 aromatic heterocycles. The van der Waals surface area contributed by atoms with Crippen LogP contribution in [0.4, 0.5) is 0 Å². The molecule has 0 amide bonds. The average molecular weight is 859 g/mol. The molecular weight excluding hydrogens is 821 g/mol. The fraction of sp³-hybridized carbons (Fsp3) is 0.0339. The number of allylic oxidation sites excluding steroid dienone is 4. The van der Waals surface area contributed by atoms with Crippen LogP contribution < -0.4 is 0 Å². The topological polar surface area (TPSA) is 63.3 Å². The van der Waals surface area contributed by atoms with Crippen molar-refractivity contribution in [2.24, 2.45) is 0 Å². The molecule has 6 heterocycles. The molecule has 14 aromatic rings. The fourth-order valence-corrected chi connectivity index (χ4v) is 11.3. The lowest BCUT2D eigenvalue weighted by Crippen LogP contribution is -2.05. The van der Waals surface area contributed by atoms with Gasteiger partial charge in [0.25, 0.3) is 0 Å². The fourth-order valence-electron chi connectivity index (χ4n) is 11.3. The molecule has 67 heavy (non-hydrogen) atoms. The van der Waals surface area contributed by atoms with Crippen molar-refractivity contribution in [3.8, 4) is 23.3 Å². The minimum atomic E-state index is 0.564. The molecule has 0 atom stereocenters. The Bertz CT molecular complexity index is 4440. The van der Waals surface area contributed by atoms with E-state index in [0.29, 0.717) is 11.6 Å². The van der Waals surface area contributed by atoms with Crippen molar-refractivity contribution in [1.82, 2.24) is 37.8 Å². The van der Waals surface area contributed by atoms with Gasteiger partial charge in [0.2, 0.25) is 11.9 Å². The molecule has 0 saturated heterocycles. The van der Waals surface area contributed by atoms with Crippen LogP contribution in [0.2, 0.25) is 0 Å². The molecule has 1 aliphatic carbocycles. The average Bonchev–Trinajstić information content (AvgIpc) is 4.19. The molecule has 8 nitrogen and oxygen atoms in total. The Labute approximate surface area is 382 Å². The van der Waals surface area contributed by atoms with Crippen molar-refractivity contribution >= 4 is 104 Å². The van der Waals surface area contributed by atoms with E-state index in [1.165, 1.54) is 38.3 Å². The Hall–Kier alpha value is -9.01. The van der Waals surface area contributed by atoms with Crippen LogP contribution in [-0.2, 0) is 0 Å². The van der Waals surface area contributed by atoms with E-state index in [4.69, 9.17) is 15.0 Å². The molecule has 0 N–H and O–H groups in total. The summed E-state index contributed by atoms with van der Waals surface area (Å²) in [5.41, 5.74) is 13.6. The van der Waals surface area contributed by atoms with Crippen molar-refractivity contribution in [3.63, 3.8) is 0 Å². The highest BCUT2D eigenvalue weighted by Crippen LogP contribution is 2.44. The summed E-state index contributed by atoms with van der Waals surface area (Å²) in [6, 6.07) is 65.0. The van der Waals surface area contributed by atoms with E-state index >= 15 is 0 Å². The predicted octanol–water partition coefficient (Wildman–Crippen LogP) is 14.4. The highest BCUT2D eigenvalue weighted by Gasteiger charge is 2.27. The van der Waals surface area contributed by atoms with Crippen molar-refractivity contribution < 1.29 is 0 Å². The third-order valence-electron chi connectivity index (χ3n) is 14.0. The summed E-state index contributed by atoms with van der Waals surface area (Å²) in [6.45, 7) is 0. The monoisotopic (exact) mass is 858 g/mol. The number of aromatic nitrogens is 8. The summed E-state index contributed by atoms with van der Waals surface area (Å²) in [6.07, 6.45) is 11.0. The third kappa shape index (κ3) is 4.98. The molecular formula is C59H38N8. The largest absolute Gasteiger partial charge is 0.309 e. The summed E-state index contributed by atoms with van der Waals surface area (Å²) >= 11 is 0. The van der Waals surface area contributed by atoms with E-state index in [9.17, 15) is 0 Å². The van der Waals surface area contributed by atoms with Gasteiger partial charge in [-0.25, -0.2) is 4.98 Å². The highest BCUT2D eigenvalue weighted by atomic mass is 15.3. The highest BCUT2D eigenvalue weighted by molar-refractivity contribution is 6.28. The van der Waals surface area contributed by atoms with Crippen LogP contribution in [0.3, 0.4) is 0 Å². The predicted molar refractivity (Wildman–Crippen MR) is 275 cm³/mol. The minimum absolute atomic E-state index is 0.564. The van der Waals surface area contributed by atoms with Crippen LogP contribution in [0.25, 0.3) is 127 Å². The second-order valence-electron chi connectivity index (χ2n) is 17.5. The van der Waals surface area contributed by atoms with Crippen molar-refractivity contribution in [1.29, 1.82) is 0 Å². The second kappa shape index (κ2) is 13.7. The van der Waals surface area contributed by atoms with Gasteiger partial charge in [-0.05, 0) is 79.6 Å². The lowest BCUT2D eigenvalue weighted by atomic mass is 10.1. The molecule has 314 valence electrons. The zero-order valence-electron chi connectivity index (χ0n) is 36.1. The summed E-state index contributed by atoms with van der Waals surface area (Å²) in [5.74, 6) is 1.31. The molecule has 0 saturated carbocycles. The summed E-state index contributed by atoms with van der Waals surface area (Å²) in [7, 11) is 0. The number of benzene rings is 8. The van der Waals surface area contributed by atoms with Crippen molar-refractivity contribution in [3.05, 3.63) is 206 Å². The van der Waals surface area contributed by atoms with E-state index in [1.54, 1.807) is 0 Å². The van der Waals surface area contributed by atoms with Gasteiger partial charge in [-0.3, -0.25) is 13.7 Å². The van der Waals surface area contributed by atoms with E-state index in [0.717, 1.165) is 90.3 Å². The Morgan fingerprint density at radius 3 is 1.48 bits per heavy atom. The van der Waals surface area contributed by atoms with E-state index < -0.39 is 0 Å². The van der Waals surface area contributed by atoms with Gasteiger partial charge >= 0.3 is 0 Å². The molecule has 8 heteroatoms. The summed E-state index contributed by atoms with van der Waals surface area (Å²) in [4.78, 5) is 16.4. The quantitative estimate of drug-likeness (QED) is 0.173. The SMILES string of the molecule is C1=CC(n2c3ccccc3c3ccc4c(c5ccccc5n4-c4nc5nc(-n6c7ccccc7c7ccc8c(c9ccccc9n8-c8ccccc8)c76)ncc5n4-c4ccccc4)c32)=CCC1. The number of fused-ring (bicyclic) bond motifs is 15. The lowest BCUT2D eigenvalue weighted by molar-refractivity contribution is 0.954. The maximum absolute atomic E-state index is 5.58. The van der Waals surface area contributed by atoms with Crippen LogP contribution in [0.15, 0.2) is 206 Å². The van der Waals surface area contributed by atoms with Gasteiger partial charge in [-0.1, -0.05) is 133 Å². The lowest BCUT2D eigenvalue weighted by Gasteiger charge is -2.13. The van der Waals surface area contributed by atoms with Crippen molar-refractivity contribution in [2.45, 2.75) is 12.8 Å². The van der Waals surface area contributed by atoms with Crippen LogP contribution in [0.1, 0.15) is 12.8 Å². The first-order valence-electron chi connectivity index (χ1n) is 22.9. The minimum Gasteiger partial charge on any atom is -0.309 e. The molecule has 1 aliphatic rings. The number of rotatable bonds is 5. The van der Waals surface area contributed by atoms with Gasteiger partial charge in [-0.2, -0.15) is 9.97 Å². The first kappa shape index (κ1) is 36.3. The molecule has 0 unspecified atom stereocenters. The van der Waals surface area contributed by atoms with Gasteiger partial charge in [0, 0.05) is 60.2 Å². The molecule has 0 aliphatic heterocycles. The maximum Gasteiger partial charge on any atom is 0.236 e. The first-order chi connectivity index (χ1) is 33.3. The van der Waals surface area contributed by atoms with Crippen LogP contribution in [0.5, 0.6) is 0 Å². The zero-order valence-corrected chi connectivity index (χ0v) is 36.1. The van der Waals surface area contributed by atoms with Gasteiger partial charge in [0.1, 0.15) is 5.52 Å². The third-order valence-corrected chi connectivity index (χ3v) is 14.0. The summed E-state index contributed by atoms with van der Waals surface area (Å²) < 4.78 is 11.6. The second-order valence-corrected chi connectivity index (χ2v) is 17.5. The smallest absolute Gasteiger partial charge is 0.236 e. The van der Waals surface area contributed by atoms with E-state index in [-0.39, 0.29) is 0 Å². The Morgan fingerprint density at radius 2 is 0.866 bits per heavy atom. The normalized spacial score (nSPS) is 13.3. The van der Waals surface area contributed by atoms with Crippen LogP contribution >= 0.6 is 0 Å². The standard InChI is InChI=1S/C59H38N8/c1-4-18-37(19-5-1)63-48-30-16-12-26-44(48)53-50(63)34-32-43-41-25-11-15-29-47(41)67(56(43)53)58-60-36-52-57(61-58)62-59(65(52)39-22-8-3-9-23-39)66-49-31-17-13-27-45(49)54-51(66)35-33-42-40-24-10-14-28-46(40)64(55(42)54)38-20-6-2-7-21-38/h1,3-6,8-36H,2,7H2. The number of hydrogen-bond acceptors (Lipinski definition) is 3. The molecule has 0 radical (unpaired) electrons. The number of imidazole rings is 1.